The Labute approximate surface area is 189 Å². The van der Waals surface area contributed by atoms with E-state index >= 15 is 0 Å². The lowest BCUT2D eigenvalue weighted by Gasteiger charge is -2.14. The number of nitro groups is 1. The van der Waals surface area contributed by atoms with E-state index in [4.69, 9.17) is 32.7 Å². The number of allylic oxidation sites excluding steroid dienone is 1. The topological polar surface area (TPSA) is 85.4 Å². The van der Waals surface area contributed by atoms with E-state index < -0.39 is 4.92 Å². The summed E-state index contributed by atoms with van der Waals surface area (Å²) in [4.78, 5) is 10.5. The van der Waals surface area contributed by atoms with Crippen LogP contribution in [0.1, 0.15) is 16.7 Å². The molecule has 0 aliphatic carbocycles. The van der Waals surface area contributed by atoms with E-state index in [9.17, 15) is 15.4 Å². The fraction of sp³-hybridized carbons (Fsp3) is 0.0870. The zero-order valence-electron chi connectivity index (χ0n) is 16.3. The second kappa shape index (κ2) is 9.98. The standard InChI is InChI=1S/C23H16Cl2N2O4/c1-30-22-12-16(9-17(13-26)19-7-2-3-8-20(19)24)11-21(25)23(22)31-14-15-5-4-6-18(10-15)27(28)29/h2-12H,14H2,1H3. The summed E-state index contributed by atoms with van der Waals surface area (Å²) in [5, 5.41) is 21.3. The number of ether oxygens (including phenoxy) is 2. The van der Waals surface area contributed by atoms with Gasteiger partial charge >= 0.3 is 0 Å². The highest BCUT2D eigenvalue weighted by molar-refractivity contribution is 6.33. The van der Waals surface area contributed by atoms with E-state index in [2.05, 4.69) is 6.07 Å². The average molecular weight is 455 g/mol. The Morgan fingerprint density at radius 2 is 1.90 bits per heavy atom. The fourth-order valence-corrected chi connectivity index (χ4v) is 3.41. The van der Waals surface area contributed by atoms with Crippen molar-refractivity contribution in [3.63, 3.8) is 0 Å². The third kappa shape index (κ3) is 5.34. The second-order valence-corrected chi connectivity index (χ2v) is 7.21. The lowest BCUT2D eigenvalue weighted by molar-refractivity contribution is -0.384. The van der Waals surface area contributed by atoms with Gasteiger partial charge in [-0.25, -0.2) is 0 Å². The van der Waals surface area contributed by atoms with E-state index in [0.717, 1.165) is 0 Å². The summed E-state index contributed by atoms with van der Waals surface area (Å²) in [5.41, 5.74) is 2.19. The number of non-ortho nitro benzene ring substituents is 1. The molecule has 0 aliphatic heterocycles. The molecule has 0 spiro atoms. The van der Waals surface area contributed by atoms with Crippen LogP contribution in [0.5, 0.6) is 11.5 Å². The second-order valence-electron chi connectivity index (χ2n) is 6.40. The van der Waals surface area contributed by atoms with Crippen LogP contribution in [0.3, 0.4) is 0 Å². The number of hydrogen-bond donors (Lipinski definition) is 0. The summed E-state index contributed by atoms with van der Waals surface area (Å²) < 4.78 is 11.2. The Morgan fingerprint density at radius 1 is 1.13 bits per heavy atom. The first-order valence-corrected chi connectivity index (χ1v) is 9.79. The first kappa shape index (κ1) is 22.2. The van der Waals surface area contributed by atoms with Crippen molar-refractivity contribution in [1.82, 2.24) is 0 Å². The van der Waals surface area contributed by atoms with Gasteiger partial charge in [0.05, 0.1) is 28.7 Å². The molecule has 0 saturated carbocycles. The van der Waals surface area contributed by atoms with Gasteiger partial charge in [-0.15, -0.1) is 0 Å². The minimum atomic E-state index is -0.468. The van der Waals surface area contributed by atoms with Gasteiger partial charge in [0.2, 0.25) is 0 Å². The van der Waals surface area contributed by atoms with Crippen molar-refractivity contribution >= 4 is 40.5 Å². The van der Waals surface area contributed by atoms with E-state index in [0.29, 0.717) is 38.8 Å². The minimum absolute atomic E-state index is 0.0248. The van der Waals surface area contributed by atoms with Crippen LogP contribution in [0.15, 0.2) is 60.7 Å². The summed E-state index contributed by atoms with van der Waals surface area (Å²) in [5.74, 6) is 0.657. The number of hydrogen-bond acceptors (Lipinski definition) is 5. The molecule has 0 bridgehead atoms. The summed E-state index contributed by atoms with van der Waals surface area (Å²) in [6.07, 6.45) is 1.65. The van der Waals surface area contributed by atoms with Gasteiger partial charge < -0.3 is 9.47 Å². The van der Waals surface area contributed by atoms with Gasteiger partial charge in [0, 0.05) is 22.7 Å². The summed E-state index contributed by atoms with van der Waals surface area (Å²) in [6.45, 7) is 0.0655. The van der Waals surface area contributed by atoms with Crippen molar-refractivity contribution in [2.45, 2.75) is 6.61 Å². The number of nitrogens with zero attached hydrogens (tertiary/aromatic N) is 2. The van der Waals surface area contributed by atoms with Crippen LogP contribution in [-0.2, 0) is 6.61 Å². The zero-order chi connectivity index (χ0) is 22.4. The van der Waals surface area contributed by atoms with Crippen LogP contribution in [-0.4, -0.2) is 12.0 Å². The van der Waals surface area contributed by atoms with Gasteiger partial charge in [0.1, 0.15) is 6.61 Å². The predicted molar refractivity (Wildman–Crippen MR) is 120 cm³/mol. The molecule has 0 aromatic heterocycles. The van der Waals surface area contributed by atoms with Gasteiger partial charge in [-0.1, -0.05) is 53.5 Å². The smallest absolute Gasteiger partial charge is 0.269 e. The number of methoxy groups -OCH3 is 1. The summed E-state index contributed by atoms with van der Waals surface area (Å²) in [6, 6.07) is 18.7. The normalized spacial score (nSPS) is 11.0. The highest BCUT2D eigenvalue weighted by Gasteiger charge is 2.14. The van der Waals surface area contributed by atoms with Crippen LogP contribution < -0.4 is 9.47 Å². The van der Waals surface area contributed by atoms with Crippen molar-refractivity contribution < 1.29 is 14.4 Å². The maximum atomic E-state index is 10.9. The van der Waals surface area contributed by atoms with Crippen molar-refractivity contribution in [2.24, 2.45) is 0 Å². The van der Waals surface area contributed by atoms with Gasteiger partial charge in [-0.3, -0.25) is 10.1 Å². The third-order valence-corrected chi connectivity index (χ3v) is 4.96. The molecule has 0 amide bonds. The maximum absolute atomic E-state index is 10.9. The Bertz CT molecular complexity index is 1200. The van der Waals surface area contributed by atoms with Crippen molar-refractivity contribution in [3.05, 3.63) is 97.5 Å². The van der Waals surface area contributed by atoms with Crippen LogP contribution in [0.4, 0.5) is 5.69 Å². The Balaban J connectivity index is 1.90. The summed E-state index contributed by atoms with van der Waals surface area (Å²) in [7, 11) is 1.47. The highest BCUT2D eigenvalue weighted by Crippen LogP contribution is 2.38. The highest BCUT2D eigenvalue weighted by atomic mass is 35.5. The lowest BCUT2D eigenvalue weighted by Crippen LogP contribution is -2.00. The van der Waals surface area contributed by atoms with Gasteiger partial charge in [-0.2, -0.15) is 5.26 Å². The molecule has 0 fully saturated rings. The molecule has 0 radical (unpaired) electrons. The Hall–Kier alpha value is -3.53. The molecule has 0 aliphatic rings. The van der Waals surface area contributed by atoms with E-state index in [1.165, 1.54) is 19.2 Å². The molecule has 31 heavy (non-hydrogen) atoms. The maximum Gasteiger partial charge on any atom is 0.269 e. The molecule has 0 heterocycles. The van der Waals surface area contributed by atoms with E-state index in [1.54, 1.807) is 54.6 Å². The molecule has 0 saturated heterocycles. The number of rotatable bonds is 7. The molecular weight excluding hydrogens is 439 g/mol. The SMILES string of the molecule is COc1cc(C=C(C#N)c2ccccc2Cl)cc(Cl)c1OCc1cccc([N+](=O)[O-])c1. The number of nitro benzene ring substituents is 1. The van der Waals surface area contributed by atoms with Gasteiger partial charge in [0.15, 0.2) is 11.5 Å². The number of nitriles is 1. The first-order chi connectivity index (χ1) is 14.9. The van der Waals surface area contributed by atoms with Gasteiger partial charge in [0.25, 0.3) is 5.69 Å². The monoisotopic (exact) mass is 454 g/mol. The fourth-order valence-electron chi connectivity index (χ4n) is 2.90. The predicted octanol–water partition coefficient (Wildman–Crippen LogP) is 6.55. The van der Waals surface area contributed by atoms with Crippen LogP contribution in [0.25, 0.3) is 11.6 Å². The van der Waals surface area contributed by atoms with Crippen molar-refractivity contribution in [3.8, 4) is 17.6 Å². The first-order valence-electron chi connectivity index (χ1n) is 9.03. The summed E-state index contributed by atoms with van der Waals surface area (Å²) >= 11 is 12.6. The van der Waals surface area contributed by atoms with Crippen molar-refractivity contribution in [1.29, 1.82) is 5.26 Å². The van der Waals surface area contributed by atoms with Crippen molar-refractivity contribution in [2.75, 3.05) is 7.11 Å². The zero-order valence-corrected chi connectivity index (χ0v) is 17.9. The lowest BCUT2D eigenvalue weighted by atomic mass is 10.0. The molecule has 156 valence electrons. The molecule has 0 atom stereocenters. The van der Waals surface area contributed by atoms with Crippen LogP contribution in [0.2, 0.25) is 10.0 Å². The quantitative estimate of drug-likeness (QED) is 0.174. The van der Waals surface area contributed by atoms with E-state index in [-0.39, 0.29) is 17.3 Å². The van der Waals surface area contributed by atoms with Crippen LogP contribution in [0, 0.1) is 21.4 Å². The Kier molecular flexibility index (Phi) is 7.14. The molecule has 0 N–H and O–H groups in total. The third-order valence-electron chi connectivity index (χ3n) is 4.35. The molecular formula is C23H16Cl2N2O4. The minimum Gasteiger partial charge on any atom is -0.493 e. The molecule has 3 aromatic rings. The Morgan fingerprint density at radius 3 is 2.58 bits per heavy atom. The number of halogens is 2. The molecule has 0 unspecified atom stereocenters. The largest absolute Gasteiger partial charge is 0.493 e. The average Bonchev–Trinajstić information content (AvgIpc) is 2.77. The molecule has 8 heteroatoms. The van der Waals surface area contributed by atoms with Crippen LogP contribution >= 0.6 is 23.2 Å². The number of benzene rings is 3. The molecule has 3 aromatic carbocycles. The van der Waals surface area contributed by atoms with E-state index in [1.807, 2.05) is 0 Å². The molecule has 3 rings (SSSR count). The molecule has 6 nitrogen and oxygen atoms in total. The van der Waals surface area contributed by atoms with Gasteiger partial charge in [-0.05, 0) is 35.4 Å².